The number of carboxylic acids is 1. The van der Waals surface area contributed by atoms with E-state index in [9.17, 15) is 19.5 Å². The normalized spacial score (nSPS) is 36.2. The van der Waals surface area contributed by atoms with Gasteiger partial charge in [0.2, 0.25) is 0 Å². The van der Waals surface area contributed by atoms with E-state index in [1.165, 1.54) is 38.5 Å². The van der Waals surface area contributed by atoms with Gasteiger partial charge >= 0.3 is 5.97 Å². The van der Waals surface area contributed by atoms with Gasteiger partial charge in [-0.15, -0.1) is 0 Å². The van der Waals surface area contributed by atoms with Gasteiger partial charge in [0.15, 0.2) is 9.37 Å². The molecule has 1 amide bonds. The quantitative estimate of drug-likeness (QED) is 0.142. The molecule has 4 aliphatic carbocycles. The highest BCUT2D eigenvalue weighted by Gasteiger charge is 2.61. The van der Waals surface area contributed by atoms with Crippen LogP contribution in [-0.4, -0.2) is 44.8 Å². The molecular weight excluding hydrogens is 583 g/mol. The zero-order valence-electron chi connectivity index (χ0n) is 21.6. The molecule has 8 nitrogen and oxygen atoms in total. The first-order valence-electron chi connectivity index (χ1n) is 13.8. The fourth-order valence-corrected chi connectivity index (χ4v) is 9.41. The highest BCUT2D eigenvalue weighted by molar-refractivity contribution is 14.1. The fourth-order valence-electron chi connectivity index (χ4n) is 8.93. The Morgan fingerprint density at radius 3 is 2.73 bits per heavy atom. The van der Waals surface area contributed by atoms with Crippen LogP contribution in [0.2, 0.25) is 0 Å². The van der Waals surface area contributed by atoms with Crippen LogP contribution in [0.4, 0.5) is 0 Å². The summed E-state index contributed by atoms with van der Waals surface area (Å²) < 4.78 is 0.737. The van der Waals surface area contributed by atoms with Crippen molar-refractivity contribution >= 4 is 40.3 Å². The zero-order chi connectivity index (χ0) is 26.4. The number of imidazole rings is 1. The number of allylic oxidation sites excluding steroid dienone is 2. The van der Waals surface area contributed by atoms with Gasteiger partial charge in [-0.2, -0.15) is 0 Å². The Kier molecular flexibility index (Phi) is 7.32. The highest BCUT2D eigenvalue weighted by atomic mass is 127. The molecule has 3 fully saturated rings. The third-order valence-electron chi connectivity index (χ3n) is 10.7. The number of nitrogens with one attached hydrogen (secondary N) is 2. The highest BCUT2D eigenvalue weighted by Crippen LogP contribution is 2.66. The van der Waals surface area contributed by atoms with Crippen LogP contribution in [0.25, 0.3) is 0 Å². The topological polar surface area (TPSA) is 138 Å². The van der Waals surface area contributed by atoms with Crippen LogP contribution in [0, 0.1) is 38.3 Å². The molecule has 0 radical (unpaired) electrons. The van der Waals surface area contributed by atoms with Gasteiger partial charge in [-0.3, -0.25) is 14.9 Å². The average Bonchev–Trinajstić information content (AvgIpc) is 3.48. The van der Waals surface area contributed by atoms with Gasteiger partial charge in [-0.25, -0.2) is 9.78 Å². The number of aromatic amines is 1. The standard InChI is InChI=1S/C28H39IN4O4/c1-26-11-3-2-5-17(26)7-8-19-20(26)9-13-27(12-4-6-21(19)27)16-28(24(36)37,22(34)23(30)35)32-14-10-18-15-31-25(29)33-18/h4,12,15,17,19-21,32H,2-3,5-11,13-14,16H2,1H3,(H2,30,35)(H,31,33)(H,36,37)/t17?,19-,20+,21+,26+,27+,28?/m1/s1. The Hall–Kier alpha value is -1.75. The molecule has 2 unspecified atom stereocenters. The second kappa shape index (κ2) is 10.1. The number of rotatable bonds is 9. The molecular formula is C28H39IN4O4. The van der Waals surface area contributed by atoms with Gasteiger partial charge in [0.1, 0.15) is 0 Å². The predicted octanol–water partition coefficient (Wildman–Crippen LogP) is 3.99. The van der Waals surface area contributed by atoms with E-state index in [0.29, 0.717) is 29.6 Å². The van der Waals surface area contributed by atoms with Gasteiger partial charge in [0.25, 0.3) is 11.7 Å². The van der Waals surface area contributed by atoms with E-state index >= 15 is 0 Å². The summed E-state index contributed by atoms with van der Waals surface area (Å²) in [5.74, 6) is -1.33. The minimum absolute atomic E-state index is 0.0577. The molecule has 202 valence electrons. The first-order chi connectivity index (χ1) is 17.6. The van der Waals surface area contributed by atoms with E-state index in [2.05, 4.69) is 57.0 Å². The van der Waals surface area contributed by atoms with Crippen molar-refractivity contribution in [3.05, 3.63) is 27.9 Å². The number of H-pyrrole nitrogens is 1. The first kappa shape index (κ1) is 26.8. The Labute approximate surface area is 232 Å². The molecule has 5 rings (SSSR count). The lowest BCUT2D eigenvalue weighted by molar-refractivity contribution is -0.158. The molecule has 0 aliphatic heterocycles. The molecule has 5 N–H and O–H groups in total. The SMILES string of the molecule is C[C@]12CCCCC1CC[C@H]1[C@@H]3CC=C[C@@]3(CC(NCCc3cnc(I)[nH]3)(C(=O)O)C(=O)C(N)=O)CC[C@@H]12. The number of hydrogen-bond acceptors (Lipinski definition) is 5. The minimum Gasteiger partial charge on any atom is -0.480 e. The molecule has 9 heteroatoms. The number of nitrogens with zero attached hydrogens (tertiary/aromatic N) is 1. The van der Waals surface area contributed by atoms with Gasteiger partial charge in [0.05, 0.1) is 0 Å². The summed E-state index contributed by atoms with van der Waals surface area (Å²) >= 11 is 2.07. The number of carbonyl (C=O) groups is 3. The van der Waals surface area contributed by atoms with Crippen molar-refractivity contribution in [2.24, 2.45) is 40.2 Å². The van der Waals surface area contributed by atoms with Crippen LogP contribution < -0.4 is 11.1 Å². The zero-order valence-corrected chi connectivity index (χ0v) is 23.8. The van der Waals surface area contributed by atoms with Crippen LogP contribution in [0.5, 0.6) is 0 Å². The Bertz CT molecular complexity index is 1100. The summed E-state index contributed by atoms with van der Waals surface area (Å²) in [5, 5.41) is 13.5. The van der Waals surface area contributed by atoms with Gasteiger partial charge in [0, 0.05) is 24.9 Å². The summed E-state index contributed by atoms with van der Waals surface area (Å²) in [6.45, 7) is 2.72. The number of carbonyl (C=O) groups excluding carboxylic acids is 2. The van der Waals surface area contributed by atoms with Crippen molar-refractivity contribution in [1.82, 2.24) is 15.3 Å². The van der Waals surface area contributed by atoms with Crippen molar-refractivity contribution in [2.45, 2.75) is 83.1 Å². The molecule has 37 heavy (non-hydrogen) atoms. The number of carboxylic acid groups (broad SMARTS) is 1. The molecule has 0 aromatic carbocycles. The second-order valence-corrected chi connectivity index (χ2v) is 13.3. The lowest BCUT2D eigenvalue weighted by Gasteiger charge is -2.61. The molecule has 3 saturated carbocycles. The lowest BCUT2D eigenvalue weighted by Crippen LogP contribution is -2.65. The maximum absolute atomic E-state index is 13.3. The van der Waals surface area contributed by atoms with Gasteiger partial charge in [-0.1, -0.05) is 31.9 Å². The molecule has 1 aromatic heterocycles. The number of primary amides is 1. The second-order valence-electron chi connectivity index (χ2n) is 12.3. The van der Waals surface area contributed by atoms with E-state index in [4.69, 9.17) is 5.73 Å². The van der Waals surface area contributed by atoms with Crippen LogP contribution in [0.1, 0.15) is 76.8 Å². The molecule has 0 spiro atoms. The smallest absolute Gasteiger partial charge is 0.332 e. The number of aliphatic carboxylic acids is 1. The number of hydrogen-bond donors (Lipinski definition) is 4. The summed E-state index contributed by atoms with van der Waals surface area (Å²) in [7, 11) is 0. The number of fused-ring (bicyclic) bond motifs is 5. The van der Waals surface area contributed by atoms with Crippen LogP contribution in [-0.2, 0) is 20.8 Å². The minimum atomic E-state index is -2.05. The van der Waals surface area contributed by atoms with Crippen molar-refractivity contribution in [1.29, 1.82) is 0 Å². The molecule has 4 aliphatic rings. The van der Waals surface area contributed by atoms with Crippen molar-refractivity contribution in [3.8, 4) is 0 Å². The van der Waals surface area contributed by atoms with E-state index in [-0.39, 0.29) is 13.0 Å². The fraction of sp³-hybridized carbons (Fsp3) is 0.714. The monoisotopic (exact) mass is 622 g/mol. The number of ketones is 1. The largest absolute Gasteiger partial charge is 0.480 e. The molecule has 0 saturated heterocycles. The summed E-state index contributed by atoms with van der Waals surface area (Å²) in [5.41, 5.74) is 4.17. The Morgan fingerprint density at radius 2 is 2.03 bits per heavy atom. The van der Waals surface area contributed by atoms with Crippen LogP contribution in [0.15, 0.2) is 18.3 Å². The predicted molar refractivity (Wildman–Crippen MR) is 147 cm³/mol. The molecule has 1 heterocycles. The Morgan fingerprint density at radius 1 is 1.22 bits per heavy atom. The van der Waals surface area contributed by atoms with Crippen molar-refractivity contribution in [2.75, 3.05) is 6.54 Å². The first-order valence-corrected chi connectivity index (χ1v) is 14.9. The lowest BCUT2D eigenvalue weighted by atomic mass is 9.44. The molecule has 1 aromatic rings. The van der Waals surface area contributed by atoms with E-state index in [0.717, 1.165) is 34.7 Å². The van der Waals surface area contributed by atoms with E-state index in [1.54, 1.807) is 6.20 Å². The van der Waals surface area contributed by atoms with E-state index in [1.807, 2.05) is 0 Å². The summed E-state index contributed by atoms with van der Waals surface area (Å²) in [4.78, 5) is 45.6. The van der Waals surface area contributed by atoms with Gasteiger partial charge in [-0.05, 0) is 108 Å². The molecule has 7 atom stereocenters. The maximum atomic E-state index is 13.3. The Balaban J connectivity index is 1.43. The number of aromatic nitrogens is 2. The number of Topliss-reactive ketones (excluding diaryl/α,β-unsaturated/α-hetero) is 1. The van der Waals surface area contributed by atoms with Crippen molar-refractivity contribution in [3.63, 3.8) is 0 Å². The third kappa shape index (κ3) is 4.57. The third-order valence-corrected chi connectivity index (χ3v) is 11.2. The summed E-state index contributed by atoms with van der Waals surface area (Å²) in [6, 6.07) is 0. The molecule has 0 bridgehead atoms. The maximum Gasteiger partial charge on any atom is 0.332 e. The van der Waals surface area contributed by atoms with E-state index < -0.39 is 28.6 Å². The van der Waals surface area contributed by atoms with Crippen LogP contribution >= 0.6 is 22.6 Å². The number of amides is 1. The van der Waals surface area contributed by atoms with Gasteiger partial charge < -0.3 is 15.8 Å². The number of nitrogens with two attached hydrogens (primary N) is 1. The van der Waals surface area contributed by atoms with Crippen LogP contribution in [0.3, 0.4) is 0 Å². The van der Waals surface area contributed by atoms with Crippen molar-refractivity contribution < 1.29 is 19.5 Å². The number of halogens is 1. The summed E-state index contributed by atoms with van der Waals surface area (Å²) in [6.07, 6.45) is 17.1. The average molecular weight is 623 g/mol.